The average Bonchev–Trinajstić information content (AvgIpc) is 2.29. The van der Waals surface area contributed by atoms with Crippen molar-refractivity contribution in [3.05, 3.63) is 26.4 Å². The normalized spacial score (nSPS) is 10.4. The topological polar surface area (TPSA) is 79.8 Å². The molecule has 0 aliphatic rings. The van der Waals surface area contributed by atoms with Crippen LogP contribution in [-0.2, 0) is 14.1 Å². The number of hydrogen-bond donors (Lipinski definition) is 1. The molecule has 1 N–H and O–H groups in total. The molecule has 0 saturated carbocycles. The van der Waals surface area contributed by atoms with Crippen molar-refractivity contribution < 1.29 is 8.78 Å². The highest BCUT2D eigenvalue weighted by Gasteiger charge is 2.16. The van der Waals surface area contributed by atoms with Gasteiger partial charge in [0.1, 0.15) is 11.9 Å². The summed E-state index contributed by atoms with van der Waals surface area (Å²) in [5.74, 6) is -0.194. The second-order valence-electron chi connectivity index (χ2n) is 3.31. The number of aromatic nitrogens is 2. The summed E-state index contributed by atoms with van der Waals surface area (Å²) in [5, 5.41) is 11.0. The van der Waals surface area contributed by atoms with Crippen LogP contribution in [0.15, 0.2) is 9.59 Å². The Morgan fingerprint density at radius 1 is 1.35 bits per heavy atom. The van der Waals surface area contributed by atoms with Crippen LogP contribution in [0.4, 0.5) is 14.6 Å². The van der Waals surface area contributed by atoms with Gasteiger partial charge < -0.3 is 5.32 Å². The molecule has 0 amide bonds. The first-order chi connectivity index (χ1) is 7.90. The minimum atomic E-state index is -2.65. The maximum absolute atomic E-state index is 12.1. The van der Waals surface area contributed by atoms with Crippen molar-refractivity contribution in [1.82, 2.24) is 9.13 Å². The molecule has 1 aromatic heterocycles. The van der Waals surface area contributed by atoms with Crippen LogP contribution >= 0.6 is 0 Å². The van der Waals surface area contributed by atoms with Gasteiger partial charge in [-0.05, 0) is 0 Å². The van der Waals surface area contributed by atoms with Crippen LogP contribution in [0.5, 0.6) is 0 Å². The number of nitrogens with one attached hydrogen (secondary N) is 1. The van der Waals surface area contributed by atoms with Crippen molar-refractivity contribution in [2.24, 2.45) is 14.1 Å². The second-order valence-corrected chi connectivity index (χ2v) is 3.31. The molecule has 0 unspecified atom stereocenters. The SMILES string of the molecule is Cn1c(NCC(F)F)c(C#N)c(=O)n(C)c1=O. The van der Waals surface area contributed by atoms with E-state index in [0.717, 1.165) is 9.13 Å². The summed E-state index contributed by atoms with van der Waals surface area (Å²) in [6.07, 6.45) is -2.65. The number of nitrogens with zero attached hydrogens (tertiary/aromatic N) is 3. The number of rotatable bonds is 3. The predicted octanol–water partition coefficient (Wildman–Crippen LogP) is -0.367. The van der Waals surface area contributed by atoms with E-state index in [9.17, 15) is 18.4 Å². The minimum Gasteiger partial charge on any atom is -0.364 e. The molecule has 17 heavy (non-hydrogen) atoms. The molecule has 1 aromatic rings. The van der Waals surface area contributed by atoms with E-state index in [1.165, 1.54) is 14.1 Å². The quantitative estimate of drug-likeness (QED) is 0.786. The summed E-state index contributed by atoms with van der Waals surface area (Å²) >= 11 is 0. The molecule has 0 bridgehead atoms. The molecule has 0 radical (unpaired) electrons. The Bertz CT molecular complexity index is 582. The van der Waals surface area contributed by atoms with Crippen LogP contribution in [0.2, 0.25) is 0 Å². The van der Waals surface area contributed by atoms with Gasteiger partial charge in [0.15, 0.2) is 5.56 Å². The lowest BCUT2D eigenvalue weighted by Crippen LogP contribution is -2.40. The molecule has 6 nitrogen and oxygen atoms in total. The largest absolute Gasteiger partial charge is 0.364 e. The van der Waals surface area contributed by atoms with E-state index in [1.807, 2.05) is 0 Å². The van der Waals surface area contributed by atoms with Gasteiger partial charge in [0, 0.05) is 14.1 Å². The molecule has 0 aromatic carbocycles. The van der Waals surface area contributed by atoms with E-state index < -0.39 is 24.2 Å². The summed E-state index contributed by atoms with van der Waals surface area (Å²) in [6, 6.07) is 1.60. The van der Waals surface area contributed by atoms with Crippen LogP contribution in [-0.4, -0.2) is 22.1 Å². The number of alkyl halides is 2. The zero-order valence-corrected chi connectivity index (χ0v) is 9.20. The summed E-state index contributed by atoms with van der Waals surface area (Å²) < 4.78 is 25.8. The maximum atomic E-state index is 12.1. The Morgan fingerprint density at radius 2 is 1.94 bits per heavy atom. The molecule has 0 aliphatic carbocycles. The summed E-state index contributed by atoms with van der Waals surface area (Å²) in [5.41, 5.74) is -1.87. The van der Waals surface area contributed by atoms with E-state index in [-0.39, 0.29) is 11.4 Å². The molecule has 0 spiro atoms. The monoisotopic (exact) mass is 244 g/mol. The molecule has 0 atom stereocenters. The lowest BCUT2D eigenvalue weighted by Gasteiger charge is -2.12. The van der Waals surface area contributed by atoms with Crippen LogP contribution in [0.3, 0.4) is 0 Å². The molecule has 1 rings (SSSR count). The van der Waals surface area contributed by atoms with Crippen LogP contribution < -0.4 is 16.6 Å². The van der Waals surface area contributed by atoms with Gasteiger partial charge in [-0.2, -0.15) is 5.26 Å². The Kier molecular flexibility index (Phi) is 3.62. The number of nitriles is 1. The third-order valence-electron chi connectivity index (χ3n) is 2.20. The standard InChI is InChI=1S/C9H10F2N4O2/c1-14-7(13-4-6(10)11)5(3-12)8(16)15(2)9(14)17/h6,13H,4H2,1-2H3. The van der Waals surface area contributed by atoms with Crippen molar-refractivity contribution >= 4 is 5.82 Å². The number of halogens is 2. The number of hydrogen-bond acceptors (Lipinski definition) is 4. The minimum absolute atomic E-state index is 0.194. The van der Waals surface area contributed by atoms with Gasteiger partial charge in [0.25, 0.3) is 12.0 Å². The van der Waals surface area contributed by atoms with E-state index in [0.29, 0.717) is 0 Å². The maximum Gasteiger partial charge on any atom is 0.332 e. The lowest BCUT2D eigenvalue weighted by atomic mass is 10.3. The van der Waals surface area contributed by atoms with E-state index >= 15 is 0 Å². The van der Waals surface area contributed by atoms with E-state index in [2.05, 4.69) is 5.32 Å². The fourth-order valence-electron chi connectivity index (χ4n) is 1.33. The molecule has 92 valence electrons. The number of anilines is 1. The van der Waals surface area contributed by atoms with Gasteiger partial charge in [-0.25, -0.2) is 13.6 Å². The molecule has 0 saturated heterocycles. The first-order valence-corrected chi connectivity index (χ1v) is 4.62. The Balaban J connectivity index is 3.44. The zero-order valence-electron chi connectivity index (χ0n) is 9.20. The molecule has 0 aliphatic heterocycles. The van der Waals surface area contributed by atoms with Crippen LogP contribution in [0, 0.1) is 11.3 Å². The van der Waals surface area contributed by atoms with E-state index in [1.54, 1.807) is 6.07 Å². The fraction of sp³-hybridized carbons (Fsp3) is 0.444. The summed E-state index contributed by atoms with van der Waals surface area (Å²) in [6.45, 7) is -0.741. The Hall–Kier alpha value is -2.17. The predicted molar refractivity (Wildman–Crippen MR) is 56.1 cm³/mol. The van der Waals surface area contributed by atoms with Crippen molar-refractivity contribution in [3.63, 3.8) is 0 Å². The van der Waals surface area contributed by atoms with Gasteiger partial charge in [-0.1, -0.05) is 0 Å². The first-order valence-electron chi connectivity index (χ1n) is 4.62. The van der Waals surface area contributed by atoms with Crippen molar-refractivity contribution in [3.8, 4) is 6.07 Å². The van der Waals surface area contributed by atoms with Gasteiger partial charge in [-0.3, -0.25) is 13.9 Å². The first kappa shape index (κ1) is 12.9. The molecule has 8 heteroatoms. The smallest absolute Gasteiger partial charge is 0.332 e. The highest BCUT2D eigenvalue weighted by atomic mass is 19.3. The van der Waals surface area contributed by atoms with E-state index in [4.69, 9.17) is 5.26 Å². The second kappa shape index (κ2) is 4.78. The van der Waals surface area contributed by atoms with Gasteiger partial charge in [-0.15, -0.1) is 0 Å². The van der Waals surface area contributed by atoms with Crippen LogP contribution in [0.25, 0.3) is 0 Å². The fourth-order valence-corrected chi connectivity index (χ4v) is 1.33. The highest BCUT2D eigenvalue weighted by molar-refractivity contribution is 5.51. The summed E-state index contributed by atoms with van der Waals surface area (Å²) in [7, 11) is 2.50. The summed E-state index contributed by atoms with van der Waals surface area (Å²) in [4.78, 5) is 23.0. The van der Waals surface area contributed by atoms with Gasteiger partial charge >= 0.3 is 5.69 Å². The molecule has 1 heterocycles. The van der Waals surface area contributed by atoms with Crippen molar-refractivity contribution in [2.45, 2.75) is 6.43 Å². The zero-order chi connectivity index (χ0) is 13.2. The lowest BCUT2D eigenvalue weighted by molar-refractivity contribution is 0.163. The van der Waals surface area contributed by atoms with Crippen LogP contribution in [0.1, 0.15) is 5.56 Å². The highest BCUT2D eigenvalue weighted by Crippen LogP contribution is 2.07. The van der Waals surface area contributed by atoms with Crippen molar-refractivity contribution in [1.29, 1.82) is 5.26 Å². The third kappa shape index (κ3) is 2.33. The average molecular weight is 244 g/mol. The van der Waals surface area contributed by atoms with Gasteiger partial charge in [0.2, 0.25) is 0 Å². The Morgan fingerprint density at radius 3 is 2.41 bits per heavy atom. The molecular weight excluding hydrogens is 234 g/mol. The van der Waals surface area contributed by atoms with Gasteiger partial charge in [0.05, 0.1) is 6.54 Å². The third-order valence-corrected chi connectivity index (χ3v) is 2.20. The molecular formula is C9H10F2N4O2. The van der Waals surface area contributed by atoms with Crippen molar-refractivity contribution in [2.75, 3.05) is 11.9 Å². The molecule has 0 fully saturated rings. The Labute approximate surface area is 94.7 Å².